The van der Waals surface area contributed by atoms with E-state index in [1.54, 1.807) is 24.3 Å². The third-order valence-electron chi connectivity index (χ3n) is 3.32. The van der Waals surface area contributed by atoms with Crippen molar-refractivity contribution in [3.63, 3.8) is 0 Å². The molecule has 128 valence electrons. The summed E-state index contributed by atoms with van der Waals surface area (Å²) in [5, 5.41) is 9.96. The van der Waals surface area contributed by atoms with Gasteiger partial charge >= 0.3 is 5.97 Å². The maximum Gasteiger partial charge on any atom is 0.327 e. The van der Waals surface area contributed by atoms with Gasteiger partial charge in [-0.2, -0.15) is 0 Å². The van der Waals surface area contributed by atoms with E-state index in [1.165, 1.54) is 12.1 Å². The van der Waals surface area contributed by atoms with E-state index in [9.17, 15) is 22.7 Å². The lowest BCUT2D eigenvalue weighted by atomic mass is 10.1. The van der Waals surface area contributed by atoms with Crippen LogP contribution >= 0.6 is 11.6 Å². The average molecular weight is 372 g/mol. The predicted octanol–water partition coefficient (Wildman–Crippen LogP) is 2.94. The Bertz CT molecular complexity index is 839. The summed E-state index contributed by atoms with van der Waals surface area (Å²) in [4.78, 5) is 11.7. The van der Waals surface area contributed by atoms with Crippen molar-refractivity contribution >= 4 is 33.3 Å². The number of aliphatic carboxylic acids is 1. The standard InChI is InChI=1S/C16H15ClFNO4S/c1-24(22,23)19(14-7-5-13(18)6-8-14)15(16(20)21)10-11-3-2-4-12(17)9-11/h2-9,15H,10H2,1H3,(H,20,21)/t15-/m0/s1. The maximum atomic E-state index is 13.1. The first-order valence-electron chi connectivity index (χ1n) is 6.90. The number of anilines is 1. The molecule has 0 heterocycles. The number of halogens is 2. The molecule has 0 bridgehead atoms. The molecule has 0 saturated carbocycles. The number of hydrogen-bond acceptors (Lipinski definition) is 3. The molecule has 1 atom stereocenters. The fourth-order valence-corrected chi connectivity index (χ4v) is 3.69. The molecule has 0 aliphatic heterocycles. The van der Waals surface area contributed by atoms with Crippen LogP contribution in [0.4, 0.5) is 10.1 Å². The monoisotopic (exact) mass is 371 g/mol. The molecule has 24 heavy (non-hydrogen) atoms. The minimum atomic E-state index is -3.91. The summed E-state index contributed by atoms with van der Waals surface area (Å²) < 4.78 is 38.2. The van der Waals surface area contributed by atoms with Gasteiger partial charge in [-0.3, -0.25) is 4.31 Å². The SMILES string of the molecule is CS(=O)(=O)N(c1ccc(F)cc1)[C@@H](Cc1cccc(Cl)c1)C(=O)O. The molecule has 2 aromatic carbocycles. The predicted molar refractivity (Wildman–Crippen MR) is 90.3 cm³/mol. The largest absolute Gasteiger partial charge is 0.480 e. The average Bonchev–Trinajstić information content (AvgIpc) is 2.47. The fourth-order valence-electron chi connectivity index (χ4n) is 2.35. The molecule has 0 aliphatic carbocycles. The topological polar surface area (TPSA) is 74.7 Å². The van der Waals surface area contributed by atoms with Crippen LogP contribution in [0.1, 0.15) is 5.56 Å². The van der Waals surface area contributed by atoms with Crippen LogP contribution in [0, 0.1) is 5.82 Å². The van der Waals surface area contributed by atoms with Gasteiger partial charge in [0.1, 0.15) is 11.9 Å². The van der Waals surface area contributed by atoms with Crippen LogP contribution in [0.25, 0.3) is 0 Å². The molecule has 0 fully saturated rings. The molecular formula is C16H15ClFNO4S. The van der Waals surface area contributed by atoms with E-state index in [4.69, 9.17) is 11.6 Å². The van der Waals surface area contributed by atoms with Gasteiger partial charge in [0.25, 0.3) is 0 Å². The number of nitrogens with zero attached hydrogens (tertiary/aromatic N) is 1. The van der Waals surface area contributed by atoms with Crippen LogP contribution in [0.5, 0.6) is 0 Å². The Labute approximate surface area is 144 Å². The number of benzene rings is 2. The van der Waals surface area contributed by atoms with E-state index in [-0.39, 0.29) is 12.1 Å². The molecule has 5 nitrogen and oxygen atoms in total. The molecule has 0 unspecified atom stereocenters. The highest BCUT2D eigenvalue weighted by atomic mass is 35.5. The van der Waals surface area contributed by atoms with E-state index >= 15 is 0 Å². The second-order valence-corrected chi connectivity index (χ2v) is 7.52. The van der Waals surface area contributed by atoms with Crippen LogP contribution < -0.4 is 4.31 Å². The van der Waals surface area contributed by atoms with Crippen molar-refractivity contribution in [2.45, 2.75) is 12.5 Å². The molecular weight excluding hydrogens is 357 g/mol. The number of carboxylic acid groups (broad SMARTS) is 1. The number of sulfonamides is 1. The molecule has 0 aliphatic rings. The second kappa shape index (κ2) is 7.19. The minimum absolute atomic E-state index is 0.0772. The van der Waals surface area contributed by atoms with Crippen molar-refractivity contribution in [3.05, 3.63) is 64.9 Å². The van der Waals surface area contributed by atoms with Crippen LogP contribution in [-0.4, -0.2) is 31.8 Å². The van der Waals surface area contributed by atoms with Gasteiger partial charge in [-0.05, 0) is 42.0 Å². The van der Waals surface area contributed by atoms with Crippen molar-refractivity contribution in [3.8, 4) is 0 Å². The molecule has 0 saturated heterocycles. The second-order valence-electron chi connectivity index (χ2n) is 5.22. The van der Waals surface area contributed by atoms with Crippen LogP contribution in [-0.2, 0) is 21.2 Å². The van der Waals surface area contributed by atoms with Gasteiger partial charge in [0, 0.05) is 11.4 Å². The van der Waals surface area contributed by atoms with Gasteiger partial charge in [0.05, 0.1) is 11.9 Å². The Morgan fingerprint density at radius 1 is 1.25 bits per heavy atom. The maximum absolute atomic E-state index is 13.1. The van der Waals surface area contributed by atoms with Crippen LogP contribution in [0.3, 0.4) is 0 Å². The smallest absolute Gasteiger partial charge is 0.327 e. The number of hydrogen-bond donors (Lipinski definition) is 1. The van der Waals surface area contributed by atoms with Crippen molar-refractivity contribution in [1.82, 2.24) is 0 Å². The molecule has 0 spiro atoms. The van der Waals surface area contributed by atoms with Crippen LogP contribution in [0.2, 0.25) is 5.02 Å². The van der Waals surface area contributed by atoms with E-state index < -0.39 is 27.9 Å². The van der Waals surface area contributed by atoms with E-state index in [1.807, 2.05) is 0 Å². The highest BCUT2D eigenvalue weighted by molar-refractivity contribution is 7.92. The Morgan fingerprint density at radius 2 is 1.88 bits per heavy atom. The zero-order chi connectivity index (χ0) is 17.9. The molecule has 0 amide bonds. The summed E-state index contributed by atoms with van der Waals surface area (Å²) in [5.74, 6) is -1.86. The molecule has 1 N–H and O–H groups in total. The number of rotatable bonds is 6. The third kappa shape index (κ3) is 4.46. The first kappa shape index (κ1) is 18.2. The Morgan fingerprint density at radius 3 is 2.38 bits per heavy atom. The quantitative estimate of drug-likeness (QED) is 0.847. The van der Waals surface area contributed by atoms with Gasteiger partial charge in [-0.1, -0.05) is 23.7 Å². The molecule has 8 heteroatoms. The van der Waals surface area contributed by atoms with Gasteiger partial charge in [-0.15, -0.1) is 0 Å². The molecule has 2 aromatic rings. The summed E-state index contributed by atoms with van der Waals surface area (Å²) in [6.07, 6.45) is 0.824. The van der Waals surface area contributed by atoms with E-state index in [0.717, 1.165) is 22.7 Å². The number of carbonyl (C=O) groups is 1. The summed E-state index contributed by atoms with van der Waals surface area (Å²) in [7, 11) is -3.91. The van der Waals surface area contributed by atoms with Gasteiger partial charge in [0.2, 0.25) is 10.0 Å². The van der Waals surface area contributed by atoms with Gasteiger partial charge in [-0.25, -0.2) is 17.6 Å². The highest BCUT2D eigenvalue weighted by Gasteiger charge is 2.32. The molecule has 0 radical (unpaired) electrons. The van der Waals surface area contributed by atoms with Crippen molar-refractivity contribution in [2.75, 3.05) is 10.6 Å². The zero-order valence-electron chi connectivity index (χ0n) is 12.7. The van der Waals surface area contributed by atoms with Crippen molar-refractivity contribution < 1.29 is 22.7 Å². The first-order valence-corrected chi connectivity index (χ1v) is 9.13. The van der Waals surface area contributed by atoms with Gasteiger partial charge < -0.3 is 5.11 Å². The Kier molecular flexibility index (Phi) is 5.46. The summed E-state index contributed by atoms with van der Waals surface area (Å²) in [6.45, 7) is 0. The first-order chi connectivity index (χ1) is 11.2. The normalized spacial score (nSPS) is 12.6. The minimum Gasteiger partial charge on any atom is -0.480 e. The summed E-state index contributed by atoms with van der Waals surface area (Å²) in [6, 6.07) is 9.74. The van der Waals surface area contributed by atoms with Crippen molar-refractivity contribution in [1.29, 1.82) is 0 Å². The number of carboxylic acids is 1. The van der Waals surface area contributed by atoms with Gasteiger partial charge in [0.15, 0.2) is 0 Å². The van der Waals surface area contributed by atoms with Crippen LogP contribution in [0.15, 0.2) is 48.5 Å². The Hall–Kier alpha value is -2.12. The zero-order valence-corrected chi connectivity index (χ0v) is 14.3. The van der Waals surface area contributed by atoms with Crippen molar-refractivity contribution in [2.24, 2.45) is 0 Å². The lowest BCUT2D eigenvalue weighted by Gasteiger charge is -2.29. The highest BCUT2D eigenvalue weighted by Crippen LogP contribution is 2.24. The van der Waals surface area contributed by atoms with E-state index in [2.05, 4.69) is 0 Å². The lowest BCUT2D eigenvalue weighted by molar-refractivity contribution is -0.138. The third-order valence-corrected chi connectivity index (χ3v) is 4.74. The fraction of sp³-hybridized carbons (Fsp3) is 0.188. The summed E-state index contributed by atoms with van der Waals surface area (Å²) >= 11 is 5.89. The van der Waals surface area contributed by atoms with E-state index in [0.29, 0.717) is 10.6 Å². The lowest BCUT2D eigenvalue weighted by Crippen LogP contribution is -2.46. The molecule has 2 rings (SSSR count). The summed E-state index contributed by atoms with van der Waals surface area (Å²) in [5.41, 5.74) is 0.652. The Balaban J connectivity index is 2.47. The molecule has 0 aromatic heterocycles.